The maximum Gasteiger partial charge on any atom is 0.0594 e. The Morgan fingerprint density at radius 1 is 1.12 bits per heavy atom. The molecule has 1 fully saturated rings. The number of hydrogen-bond acceptors (Lipinski definition) is 4. The van der Waals surface area contributed by atoms with Crippen molar-refractivity contribution in [3.63, 3.8) is 0 Å². The minimum absolute atomic E-state index is 0. The van der Waals surface area contributed by atoms with Crippen LogP contribution < -0.4 is 0 Å². The second kappa shape index (κ2) is 11.6. The van der Waals surface area contributed by atoms with E-state index in [-0.39, 0.29) is 12.4 Å². The van der Waals surface area contributed by atoms with E-state index >= 15 is 0 Å². The Morgan fingerprint density at radius 2 is 1.76 bits per heavy atom. The molecule has 0 aromatic heterocycles. The SMILES string of the molecule is CCN(CC)CCSCCN1CCOCC1.Cl. The number of nitrogens with zero attached hydrogens (tertiary/aromatic N) is 2. The highest BCUT2D eigenvalue weighted by Gasteiger charge is 2.09. The topological polar surface area (TPSA) is 15.7 Å². The van der Waals surface area contributed by atoms with Gasteiger partial charge in [0.25, 0.3) is 0 Å². The van der Waals surface area contributed by atoms with Gasteiger partial charge in [0.15, 0.2) is 0 Å². The quantitative estimate of drug-likeness (QED) is 0.631. The lowest BCUT2D eigenvalue weighted by atomic mass is 10.4. The van der Waals surface area contributed by atoms with E-state index in [0.717, 1.165) is 26.3 Å². The fourth-order valence-corrected chi connectivity index (χ4v) is 2.83. The molecule has 0 saturated carbocycles. The summed E-state index contributed by atoms with van der Waals surface area (Å²) in [6, 6.07) is 0. The van der Waals surface area contributed by atoms with Crippen LogP contribution in [-0.4, -0.2) is 73.8 Å². The number of hydrogen-bond donors (Lipinski definition) is 0. The van der Waals surface area contributed by atoms with Gasteiger partial charge in [-0.2, -0.15) is 11.8 Å². The van der Waals surface area contributed by atoms with Crippen molar-refractivity contribution in [2.24, 2.45) is 0 Å². The zero-order chi connectivity index (χ0) is 11.6. The van der Waals surface area contributed by atoms with Gasteiger partial charge in [-0.15, -0.1) is 12.4 Å². The molecule has 1 aliphatic rings. The van der Waals surface area contributed by atoms with Crippen molar-refractivity contribution in [1.29, 1.82) is 0 Å². The van der Waals surface area contributed by atoms with Crippen LogP contribution >= 0.6 is 24.2 Å². The zero-order valence-electron chi connectivity index (χ0n) is 11.2. The van der Waals surface area contributed by atoms with Crippen LogP contribution in [0.25, 0.3) is 0 Å². The van der Waals surface area contributed by atoms with Crippen molar-refractivity contribution in [2.75, 3.05) is 64.0 Å². The van der Waals surface area contributed by atoms with E-state index in [9.17, 15) is 0 Å². The lowest BCUT2D eigenvalue weighted by Crippen LogP contribution is -2.37. The first-order valence-corrected chi connectivity index (χ1v) is 7.62. The standard InChI is InChI=1S/C12H26N2OS.ClH/c1-3-13(4-2)7-11-16-12-8-14-5-9-15-10-6-14;/h3-12H2,1-2H3;1H. The van der Waals surface area contributed by atoms with Crippen LogP contribution in [-0.2, 0) is 4.74 Å². The molecule has 0 N–H and O–H groups in total. The summed E-state index contributed by atoms with van der Waals surface area (Å²) in [5.74, 6) is 2.54. The van der Waals surface area contributed by atoms with Crippen molar-refractivity contribution in [3.05, 3.63) is 0 Å². The first-order chi connectivity index (χ1) is 7.86. The van der Waals surface area contributed by atoms with E-state index < -0.39 is 0 Å². The minimum Gasteiger partial charge on any atom is -0.379 e. The van der Waals surface area contributed by atoms with Crippen molar-refractivity contribution >= 4 is 24.2 Å². The molecular formula is C12H27ClN2OS. The van der Waals surface area contributed by atoms with Crippen molar-refractivity contribution < 1.29 is 4.74 Å². The van der Waals surface area contributed by atoms with Gasteiger partial charge in [-0.3, -0.25) is 4.90 Å². The van der Waals surface area contributed by atoms with Gasteiger partial charge >= 0.3 is 0 Å². The van der Waals surface area contributed by atoms with Gasteiger partial charge < -0.3 is 9.64 Å². The van der Waals surface area contributed by atoms with Crippen molar-refractivity contribution in [1.82, 2.24) is 9.80 Å². The predicted octanol–water partition coefficient (Wildman–Crippen LogP) is 1.82. The largest absolute Gasteiger partial charge is 0.379 e. The molecule has 0 radical (unpaired) electrons. The number of ether oxygens (including phenoxy) is 1. The molecule has 0 bridgehead atoms. The first-order valence-electron chi connectivity index (χ1n) is 6.47. The molecule has 0 amide bonds. The Balaban J connectivity index is 0.00000256. The highest BCUT2D eigenvalue weighted by Crippen LogP contribution is 2.04. The summed E-state index contributed by atoms with van der Waals surface area (Å²) in [4.78, 5) is 5.00. The molecule has 1 heterocycles. The van der Waals surface area contributed by atoms with Crippen LogP contribution in [0.3, 0.4) is 0 Å². The van der Waals surface area contributed by atoms with Crippen LogP contribution in [0.5, 0.6) is 0 Å². The van der Waals surface area contributed by atoms with Crippen LogP contribution in [0.2, 0.25) is 0 Å². The van der Waals surface area contributed by atoms with Gasteiger partial charge in [0.2, 0.25) is 0 Å². The molecule has 1 rings (SSSR count). The summed E-state index contributed by atoms with van der Waals surface area (Å²) in [6.45, 7) is 13.4. The van der Waals surface area contributed by atoms with Gasteiger partial charge in [-0.1, -0.05) is 13.8 Å². The highest BCUT2D eigenvalue weighted by molar-refractivity contribution is 7.99. The first kappa shape index (κ1) is 17.5. The van der Waals surface area contributed by atoms with Crippen molar-refractivity contribution in [2.45, 2.75) is 13.8 Å². The number of morpholine rings is 1. The average molecular weight is 283 g/mol. The summed E-state index contributed by atoms with van der Waals surface area (Å²) in [5.41, 5.74) is 0. The van der Waals surface area contributed by atoms with Crippen LogP contribution in [0.1, 0.15) is 13.8 Å². The monoisotopic (exact) mass is 282 g/mol. The second-order valence-corrected chi connectivity index (χ2v) is 5.32. The lowest BCUT2D eigenvalue weighted by molar-refractivity contribution is 0.0410. The Hall–Kier alpha value is 0.520. The zero-order valence-corrected chi connectivity index (χ0v) is 12.8. The third-order valence-corrected chi connectivity index (χ3v) is 4.04. The van der Waals surface area contributed by atoms with Gasteiger partial charge in [-0.25, -0.2) is 0 Å². The average Bonchev–Trinajstić information content (AvgIpc) is 2.35. The molecule has 1 saturated heterocycles. The third kappa shape index (κ3) is 8.27. The molecule has 0 spiro atoms. The van der Waals surface area contributed by atoms with E-state index in [2.05, 4.69) is 35.4 Å². The molecule has 0 aromatic rings. The summed E-state index contributed by atoms with van der Waals surface area (Å²) in [6.07, 6.45) is 0. The fraction of sp³-hybridized carbons (Fsp3) is 1.00. The predicted molar refractivity (Wildman–Crippen MR) is 79.6 cm³/mol. The van der Waals surface area contributed by atoms with E-state index in [4.69, 9.17) is 4.74 Å². The third-order valence-electron chi connectivity index (χ3n) is 3.10. The van der Waals surface area contributed by atoms with Gasteiger partial charge in [0.05, 0.1) is 13.2 Å². The van der Waals surface area contributed by atoms with Gasteiger partial charge in [-0.05, 0) is 13.1 Å². The molecular weight excluding hydrogens is 256 g/mol. The Labute approximate surface area is 117 Å². The normalized spacial score (nSPS) is 17.1. The van der Waals surface area contributed by atoms with Crippen LogP contribution in [0.4, 0.5) is 0 Å². The molecule has 17 heavy (non-hydrogen) atoms. The summed E-state index contributed by atoms with van der Waals surface area (Å²) < 4.78 is 5.33. The summed E-state index contributed by atoms with van der Waals surface area (Å²) >= 11 is 2.08. The van der Waals surface area contributed by atoms with Crippen LogP contribution in [0.15, 0.2) is 0 Å². The Kier molecular flexibility index (Phi) is 12.0. The molecule has 1 aliphatic heterocycles. The molecule has 3 nitrogen and oxygen atoms in total. The number of rotatable bonds is 8. The number of thioether (sulfide) groups is 1. The second-order valence-electron chi connectivity index (χ2n) is 4.09. The van der Waals surface area contributed by atoms with Gasteiger partial charge in [0.1, 0.15) is 0 Å². The number of halogens is 1. The molecule has 0 atom stereocenters. The highest BCUT2D eigenvalue weighted by atomic mass is 35.5. The van der Waals surface area contributed by atoms with E-state index in [1.54, 1.807) is 0 Å². The maximum absolute atomic E-state index is 5.33. The maximum atomic E-state index is 5.33. The Bertz CT molecular complexity index is 165. The van der Waals surface area contributed by atoms with Crippen LogP contribution in [0, 0.1) is 0 Å². The van der Waals surface area contributed by atoms with E-state index in [0.29, 0.717) is 0 Å². The molecule has 0 aromatic carbocycles. The fourth-order valence-electron chi connectivity index (χ4n) is 1.85. The van der Waals surface area contributed by atoms with E-state index in [1.807, 2.05) is 0 Å². The minimum atomic E-state index is 0. The molecule has 0 unspecified atom stereocenters. The summed E-state index contributed by atoms with van der Waals surface area (Å²) in [7, 11) is 0. The molecule has 5 heteroatoms. The Morgan fingerprint density at radius 3 is 2.35 bits per heavy atom. The smallest absolute Gasteiger partial charge is 0.0594 e. The van der Waals surface area contributed by atoms with Crippen molar-refractivity contribution in [3.8, 4) is 0 Å². The molecule has 104 valence electrons. The molecule has 0 aliphatic carbocycles. The van der Waals surface area contributed by atoms with Gasteiger partial charge in [0, 0.05) is 37.7 Å². The lowest BCUT2D eigenvalue weighted by Gasteiger charge is -2.26. The summed E-state index contributed by atoms with van der Waals surface area (Å²) in [5, 5.41) is 0. The van der Waals surface area contributed by atoms with E-state index in [1.165, 1.54) is 37.7 Å².